The molecule has 0 bridgehead atoms. The summed E-state index contributed by atoms with van der Waals surface area (Å²) in [4.78, 5) is 10.9. The Morgan fingerprint density at radius 1 is 1.70 bits per heavy atom. The van der Waals surface area contributed by atoms with Gasteiger partial charge in [-0.15, -0.1) is 6.58 Å². The first-order chi connectivity index (χ1) is 4.79. The highest BCUT2D eigenvalue weighted by Crippen LogP contribution is 2.27. The molecule has 54 valence electrons. The summed E-state index contributed by atoms with van der Waals surface area (Å²) in [6, 6.07) is 0. The van der Waals surface area contributed by atoms with Crippen LogP contribution in [-0.4, -0.2) is 10.9 Å². The van der Waals surface area contributed by atoms with Crippen LogP contribution in [0.15, 0.2) is 24.5 Å². The summed E-state index contributed by atoms with van der Waals surface area (Å²) < 4.78 is 0. The molecular formula is C8H10O2. The van der Waals surface area contributed by atoms with Crippen LogP contribution in [0.1, 0.15) is 12.8 Å². The predicted molar refractivity (Wildman–Crippen MR) is 38.6 cm³/mol. The van der Waals surface area contributed by atoms with Gasteiger partial charge < -0.3 is 5.11 Å². The zero-order valence-electron chi connectivity index (χ0n) is 5.71. The molecule has 0 spiro atoms. The summed E-state index contributed by atoms with van der Waals surface area (Å²) >= 11 is 0. The summed E-state index contributed by atoms with van der Waals surface area (Å²) in [6.45, 7) is 3.57. The number of aliphatic hydroxyl groups is 1. The molecule has 0 amide bonds. The van der Waals surface area contributed by atoms with E-state index < -0.39 is 0 Å². The normalized spacial score (nSPS) is 29.4. The predicted octanol–water partition coefficient (Wildman–Crippen LogP) is 1.59. The molecule has 1 N–H and O–H groups in total. The molecule has 1 aliphatic rings. The van der Waals surface area contributed by atoms with Crippen LogP contribution in [0.4, 0.5) is 0 Å². The van der Waals surface area contributed by atoms with E-state index in [1.807, 2.05) is 0 Å². The monoisotopic (exact) mass is 138 g/mol. The van der Waals surface area contributed by atoms with Crippen LogP contribution in [0.5, 0.6) is 0 Å². The molecule has 1 saturated carbocycles. The van der Waals surface area contributed by atoms with Gasteiger partial charge in [0.05, 0.1) is 6.26 Å². The van der Waals surface area contributed by atoms with Gasteiger partial charge in [-0.2, -0.15) is 0 Å². The van der Waals surface area contributed by atoms with Crippen molar-refractivity contribution >= 4 is 5.78 Å². The van der Waals surface area contributed by atoms with E-state index in [1.165, 1.54) is 0 Å². The minimum Gasteiger partial charge on any atom is -0.515 e. The van der Waals surface area contributed by atoms with Crippen molar-refractivity contribution in [2.24, 2.45) is 5.92 Å². The molecule has 1 fully saturated rings. The second kappa shape index (κ2) is 2.69. The van der Waals surface area contributed by atoms with Gasteiger partial charge in [-0.25, -0.2) is 0 Å². The number of carbonyl (C=O) groups is 1. The minimum absolute atomic E-state index is 0.0485. The Morgan fingerprint density at radius 3 is 2.80 bits per heavy atom. The lowest BCUT2D eigenvalue weighted by molar-refractivity contribution is -0.114. The molecule has 0 saturated heterocycles. The van der Waals surface area contributed by atoms with E-state index in [1.54, 1.807) is 6.08 Å². The first-order valence-corrected chi connectivity index (χ1v) is 3.29. The van der Waals surface area contributed by atoms with E-state index in [2.05, 4.69) is 6.58 Å². The van der Waals surface area contributed by atoms with Crippen molar-refractivity contribution in [3.05, 3.63) is 24.5 Å². The van der Waals surface area contributed by atoms with Crippen molar-refractivity contribution < 1.29 is 9.90 Å². The highest BCUT2D eigenvalue weighted by atomic mass is 16.2. The van der Waals surface area contributed by atoms with Crippen molar-refractivity contribution in [2.45, 2.75) is 12.8 Å². The molecule has 1 unspecified atom stereocenters. The molecule has 0 aromatic rings. The van der Waals surface area contributed by atoms with Gasteiger partial charge in [0.25, 0.3) is 0 Å². The van der Waals surface area contributed by atoms with Crippen molar-refractivity contribution in [3.8, 4) is 0 Å². The maximum atomic E-state index is 10.9. The van der Waals surface area contributed by atoms with E-state index in [0.29, 0.717) is 12.0 Å². The van der Waals surface area contributed by atoms with Crippen LogP contribution < -0.4 is 0 Å². The molecular weight excluding hydrogens is 128 g/mol. The van der Waals surface area contributed by atoms with Crippen LogP contribution in [0.25, 0.3) is 0 Å². The molecule has 10 heavy (non-hydrogen) atoms. The Balaban J connectivity index is 2.82. The van der Waals surface area contributed by atoms with E-state index in [9.17, 15) is 4.79 Å². The number of hydrogen-bond donors (Lipinski definition) is 1. The highest BCUT2D eigenvalue weighted by molar-refractivity contribution is 5.98. The van der Waals surface area contributed by atoms with Crippen LogP contribution in [0.2, 0.25) is 0 Å². The summed E-state index contributed by atoms with van der Waals surface area (Å²) in [7, 11) is 0. The second-order valence-electron chi connectivity index (χ2n) is 2.39. The molecule has 0 heterocycles. The van der Waals surface area contributed by atoms with Gasteiger partial charge in [-0.05, 0) is 6.42 Å². The fourth-order valence-corrected chi connectivity index (χ4v) is 1.21. The third-order valence-corrected chi connectivity index (χ3v) is 1.83. The number of allylic oxidation sites excluding steroid dienone is 2. The maximum absolute atomic E-state index is 10.9. The van der Waals surface area contributed by atoms with Crippen LogP contribution >= 0.6 is 0 Å². The minimum atomic E-state index is 0.0485. The standard InChI is InChI=1S/C8H10O2/c1-2-6-3-4-8(10)7(6)5-9/h2,5-6,9H,1,3-4H2/b7-5-. The number of rotatable bonds is 1. The summed E-state index contributed by atoms with van der Waals surface area (Å²) in [5.74, 6) is 0.130. The zero-order chi connectivity index (χ0) is 7.56. The van der Waals surface area contributed by atoms with E-state index in [-0.39, 0.29) is 11.7 Å². The molecule has 1 atom stereocenters. The average molecular weight is 138 g/mol. The van der Waals surface area contributed by atoms with Gasteiger partial charge in [0.1, 0.15) is 0 Å². The fourth-order valence-electron chi connectivity index (χ4n) is 1.21. The first kappa shape index (κ1) is 7.06. The van der Waals surface area contributed by atoms with Crippen LogP contribution in [0.3, 0.4) is 0 Å². The largest absolute Gasteiger partial charge is 0.515 e. The average Bonchev–Trinajstić information content (AvgIpc) is 2.30. The van der Waals surface area contributed by atoms with Gasteiger partial charge in [0.15, 0.2) is 5.78 Å². The summed E-state index contributed by atoms with van der Waals surface area (Å²) in [5, 5.41) is 8.61. The summed E-state index contributed by atoms with van der Waals surface area (Å²) in [5.41, 5.74) is 0.509. The van der Waals surface area contributed by atoms with Crippen molar-refractivity contribution in [3.63, 3.8) is 0 Å². The Labute approximate surface area is 59.9 Å². The van der Waals surface area contributed by atoms with Crippen molar-refractivity contribution in [2.75, 3.05) is 0 Å². The number of aliphatic hydroxyl groups excluding tert-OH is 1. The Kier molecular flexibility index (Phi) is 1.90. The molecule has 0 aromatic carbocycles. The quantitative estimate of drug-likeness (QED) is 0.339. The van der Waals surface area contributed by atoms with E-state index >= 15 is 0 Å². The van der Waals surface area contributed by atoms with Crippen molar-refractivity contribution in [1.29, 1.82) is 0 Å². The molecule has 0 radical (unpaired) electrons. The van der Waals surface area contributed by atoms with Gasteiger partial charge in [-0.1, -0.05) is 6.08 Å². The van der Waals surface area contributed by atoms with Crippen LogP contribution in [-0.2, 0) is 4.79 Å². The molecule has 0 aliphatic heterocycles. The highest BCUT2D eigenvalue weighted by Gasteiger charge is 2.25. The summed E-state index contributed by atoms with van der Waals surface area (Å²) in [6.07, 6.45) is 3.95. The Hall–Kier alpha value is -1.05. The van der Waals surface area contributed by atoms with E-state index in [0.717, 1.165) is 12.7 Å². The fraction of sp³-hybridized carbons (Fsp3) is 0.375. The molecule has 1 rings (SSSR count). The Bertz CT molecular complexity index is 191. The topological polar surface area (TPSA) is 37.3 Å². The third-order valence-electron chi connectivity index (χ3n) is 1.83. The smallest absolute Gasteiger partial charge is 0.162 e. The Morgan fingerprint density at radius 2 is 2.40 bits per heavy atom. The van der Waals surface area contributed by atoms with Gasteiger partial charge >= 0.3 is 0 Å². The molecule has 0 aromatic heterocycles. The molecule has 1 aliphatic carbocycles. The number of Topliss-reactive ketones (excluding diaryl/α,β-unsaturated/α-hetero) is 1. The SMILES string of the molecule is C=CC1CCC(=O)/C1=C\O. The first-order valence-electron chi connectivity index (χ1n) is 3.29. The van der Waals surface area contributed by atoms with Crippen molar-refractivity contribution in [1.82, 2.24) is 0 Å². The molecule has 2 heteroatoms. The lowest BCUT2D eigenvalue weighted by Gasteiger charge is -1.99. The maximum Gasteiger partial charge on any atom is 0.162 e. The number of ketones is 1. The molecule has 2 nitrogen and oxygen atoms in total. The second-order valence-corrected chi connectivity index (χ2v) is 2.39. The lowest BCUT2D eigenvalue weighted by atomic mass is 10.0. The zero-order valence-corrected chi connectivity index (χ0v) is 5.71. The van der Waals surface area contributed by atoms with Gasteiger partial charge in [0.2, 0.25) is 0 Å². The van der Waals surface area contributed by atoms with Gasteiger partial charge in [-0.3, -0.25) is 4.79 Å². The third kappa shape index (κ3) is 0.967. The van der Waals surface area contributed by atoms with E-state index in [4.69, 9.17) is 5.11 Å². The van der Waals surface area contributed by atoms with Gasteiger partial charge in [0, 0.05) is 17.9 Å². The number of hydrogen-bond acceptors (Lipinski definition) is 2. The van der Waals surface area contributed by atoms with Crippen LogP contribution in [0, 0.1) is 5.92 Å². The lowest BCUT2D eigenvalue weighted by Crippen LogP contribution is -1.97. The number of carbonyl (C=O) groups excluding carboxylic acids is 1.